The summed E-state index contributed by atoms with van der Waals surface area (Å²) in [5.41, 5.74) is 4.61. The summed E-state index contributed by atoms with van der Waals surface area (Å²) in [5.74, 6) is -0.141. The molecule has 1 N–H and O–H groups in total. The first kappa shape index (κ1) is 20.8. The van der Waals surface area contributed by atoms with Crippen molar-refractivity contribution in [2.24, 2.45) is 0 Å². The van der Waals surface area contributed by atoms with Crippen molar-refractivity contribution < 1.29 is 4.39 Å². The van der Waals surface area contributed by atoms with Gasteiger partial charge in [-0.15, -0.1) is 10.2 Å². The summed E-state index contributed by atoms with van der Waals surface area (Å²) in [6, 6.07) is 15.6. The Bertz CT molecular complexity index is 1140. The second kappa shape index (κ2) is 9.63. The standard InChI is InChI=1S/C25H29FN6/c26-22-4-1-3-20(15-22)8-10-31-13-11-30(12-14-31)9-2-5-23-16-21-17-24(6-7-25(21)29-23)32-18-27-28-19-32/h1,3-4,6-7,15-19,29H,2,5,8-14H2. The predicted molar refractivity (Wildman–Crippen MR) is 125 cm³/mol. The molecule has 32 heavy (non-hydrogen) atoms. The smallest absolute Gasteiger partial charge is 0.123 e. The Hall–Kier alpha value is -3.03. The third kappa shape index (κ3) is 5.06. The molecule has 0 unspecified atom stereocenters. The van der Waals surface area contributed by atoms with Gasteiger partial charge in [0, 0.05) is 55.0 Å². The van der Waals surface area contributed by atoms with Crippen molar-refractivity contribution >= 4 is 10.9 Å². The average molecular weight is 433 g/mol. The first-order valence-electron chi connectivity index (χ1n) is 11.4. The van der Waals surface area contributed by atoms with Gasteiger partial charge in [0.1, 0.15) is 18.5 Å². The molecule has 0 atom stereocenters. The molecular weight excluding hydrogens is 403 g/mol. The highest BCUT2D eigenvalue weighted by atomic mass is 19.1. The van der Waals surface area contributed by atoms with Gasteiger partial charge in [-0.2, -0.15) is 0 Å². The normalized spacial score (nSPS) is 15.5. The Balaban J connectivity index is 1.06. The number of aryl methyl sites for hydroxylation is 1. The first-order valence-corrected chi connectivity index (χ1v) is 11.4. The summed E-state index contributed by atoms with van der Waals surface area (Å²) in [4.78, 5) is 8.61. The van der Waals surface area contributed by atoms with Crippen molar-refractivity contribution in [3.8, 4) is 5.69 Å². The Morgan fingerprint density at radius 1 is 0.844 bits per heavy atom. The molecule has 4 aromatic rings. The number of nitrogens with zero attached hydrogens (tertiary/aromatic N) is 5. The molecule has 1 fully saturated rings. The van der Waals surface area contributed by atoms with Crippen LogP contribution in [0.1, 0.15) is 17.7 Å². The van der Waals surface area contributed by atoms with Gasteiger partial charge in [0.2, 0.25) is 0 Å². The fourth-order valence-corrected chi connectivity index (χ4v) is 4.52. The van der Waals surface area contributed by atoms with E-state index in [1.807, 2.05) is 10.6 Å². The van der Waals surface area contributed by atoms with Gasteiger partial charge < -0.3 is 14.8 Å². The minimum absolute atomic E-state index is 0.141. The molecule has 2 aromatic heterocycles. The fourth-order valence-electron chi connectivity index (χ4n) is 4.52. The molecule has 1 aliphatic rings. The number of hydrogen-bond acceptors (Lipinski definition) is 4. The molecule has 166 valence electrons. The minimum Gasteiger partial charge on any atom is -0.358 e. The monoisotopic (exact) mass is 432 g/mol. The fraction of sp³-hybridized carbons (Fsp3) is 0.360. The van der Waals surface area contributed by atoms with Crippen molar-refractivity contribution in [2.45, 2.75) is 19.3 Å². The lowest BCUT2D eigenvalue weighted by Crippen LogP contribution is -2.47. The molecule has 1 aliphatic heterocycles. The van der Waals surface area contributed by atoms with Crippen LogP contribution in [0.2, 0.25) is 0 Å². The zero-order chi connectivity index (χ0) is 21.8. The van der Waals surface area contributed by atoms with Crippen molar-refractivity contribution in [1.82, 2.24) is 29.5 Å². The van der Waals surface area contributed by atoms with E-state index in [2.05, 4.69) is 49.2 Å². The van der Waals surface area contributed by atoms with Gasteiger partial charge >= 0.3 is 0 Å². The van der Waals surface area contributed by atoms with Crippen molar-refractivity contribution in [3.05, 3.63) is 78.3 Å². The lowest BCUT2D eigenvalue weighted by atomic mass is 10.1. The highest BCUT2D eigenvalue weighted by Crippen LogP contribution is 2.20. The molecular formula is C25H29FN6. The van der Waals surface area contributed by atoms with E-state index in [4.69, 9.17) is 0 Å². The van der Waals surface area contributed by atoms with E-state index in [-0.39, 0.29) is 5.82 Å². The Morgan fingerprint density at radius 2 is 1.62 bits per heavy atom. The number of aromatic nitrogens is 4. The zero-order valence-electron chi connectivity index (χ0n) is 18.3. The molecule has 1 saturated heterocycles. The number of aromatic amines is 1. The van der Waals surface area contributed by atoms with Gasteiger partial charge in [-0.1, -0.05) is 12.1 Å². The summed E-state index contributed by atoms with van der Waals surface area (Å²) < 4.78 is 15.3. The van der Waals surface area contributed by atoms with E-state index in [9.17, 15) is 4.39 Å². The van der Waals surface area contributed by atoms with Gasteiger partial charge in [0.15, 0.2) is 0 Å². The second-order valence-corrected chi connectivity index (χ2v) is 8.60. The Morgan fingerprint density at radius 3 is 2.41 bits per heavy atom. The third-order valence-electron chi connectivity index (χ3n) is 6.37. The maximum atomic E-state index is 13.3. The lowest BCUT2D eigenvalue weighted by molar-refractivity contribution is 0.132. The number of H-pyrrole nitrogens is 1. The zero-order valence-corrected chi connectivity index (χ0v) is 18.3. The minimum atomic E-state index is -0.141. The van der Waals surface area contributed by atoms with Gasteiger partial charge in [-0.05, 0) is 67.8 Å². The van der Waals surface area contributed by atoms with Gasteiger partial charge in [0.25, 0.3) is 0 Å². The molecule has 2 aromatic carbocycles. The molecule has 0 amide bonds. The molecule has 3 heterocycles. The highest BCUT2D eigenvalue weighted by molar-refractivity contribution is 5.82. The topological polar surface area (TPSA) is 53.0 Å². The number of piperazine rings is 1. The highest BCUT2D eigenvalue weighted by Gasteiger charge is 2.16. The van der Waals surface area contributed by atoms with E-state index >= 15 is 0 Å². The van der Waals surface area contributed by atoms with Crippen LogP contribution in [0, 0.1) is 5.82 Å². The number of rotatable bonds is 8. The SMILES string of the molecule is Fc1cccc(CCN2CCN(CCCc3cc4cc(-n5cnnc5)ccc4[nH]3)CC2)c1. The van der Waals surface area contributed by atoms with E-state index in [0.717, 1.165) is 69.8 Å². The average Bonchev–Trinajstić information content (AvgIpc) is 3.48. The van der Waals surface area contributed by atoms with Crippen LogP contribution >= 0.6 is 0 Å². The molecule has 0 bridgehead atoms. The number of nitrogens with one attached hydrogen (secondary N) is 1. The van der Waals surface area contributed by atoms with Crippen LogP contribution in [0.5, 0.6) is 0 Å². The van der Waals surface area contributed by atoms with E-state index in [1.54, 1.807) is 24.8 Å². The van der Waals surface area contributed by atoms with Gasteiger partial charge in [-0.25, -0.2) is 4.39 Å². The van der Waals surface area contributed by atoms with Crippen molar-refractivity contribution in [2.75, 3.05) is 39.3 Å². The van der Waals surface area contributed by atoms with Crippen LogP contribution < -0.4 is 0 Å². The van der Waals surface area contributed by atoms with Crippen LogP contribution in [0.3, 0.4) is 0 Å². The molecule has 6 nitrogen and oxygen atoms in total. The molecule has 0 saturated carbocycles. The van der Waals surface area contributed by atoms with Gasteiger partial charge in [0.05, 0.1) is 0 Å². The molecule has 0 spiro atoms. The summed E-state index contributed by atoms with van der Waals surface area (Å²) >= 11 is 0. The van der Waals surface area contributed by atoms with Crippen LogP contribution in [-0.4, -0.2) is 68.8 Å². The third-order valence-corrected chi connectivity index (χ3v) is 6.37. The number of halogens is 1. The first-order chi connectivity index (χ1) is 15.7. The second-order valence-electron chi connectivity index (χ2n) is 8.60. The molecule has 5 rings (SSSR count). The summed E-state index contributed by atoms with van der Waals surface area (Å²) in [6.45, 7) is 6.53. The number of fused-ring (bicyclic) bond motifs is 1. The van der Waals surface area contributed by atoms with Crippen molar-refractivity contribution in [3.63, 3.8) is 0 Å². The largest absolute Gasteiger partial charge is 0.358 e. The maximum Gasteiger partial charge on any atom is 0.123 e. The van der Waals surface area contributed by atoms with Crippen LogP contribution in [0.15, 0.2) is 61.2 Å². The predicted octanol–water partition coefficient (Wildman–Crippen LogP) is 3.68. The van der Waals surface area contributed by atoms with E-state index < -0.39 is 0 Å². The van der Waals surface area contributed by atoms with E-state index in [0.29, 0.717) is 0 Å². The Labute approximate surface area is 187 Å². The summed E-state index contributed by atoms with van der Waals surface area (Å²) in [6.07, 6.45) is 6.55. The summed E-state index contributed by atoms with van der Waals surface area (Å²) in [5, 5.41) is 8.99. The quantitative estimate of drug-likeness (QED) is 0.462. The summed E-state index contributed by atoms with van der Waals surface area (Å²) in [7, 11) is 0. The van der Waals surface area contributed by atoms with Crippen molar-refractivity contribution in [1.29, 1.82) is 0 Å². The number of hydrogen-bond donors (Lipinski definition) is 1. The Kier molecular flexibility index (Phi) is 6.27. The van der Waals surface area contributed by atoms with Crippen LogP contribution in [0.4, 0.5) is 4.39 Å². The maximum absolute atomic E-state index is 13.3. The molecule has 0 radical (unpaired) electrons. The van der Waals surface area contributed by atoms with Crippen LogP contribution in [-0.2, 0) is 12.8 Å². The van der Waals surface area contributed by atoms with Crippen LogP contribution in [0.25, 0.3) is 16.6 Å². The lowest BCUT2D eigenvalue weighted by Gasteiger charge is -2.34. The van der Waals surface area contributed by atoms with E-state index in [1.165, 1.54) is 22.7 Å². The molecule has 7 heteroatoms. The van der Waals surface area contributed by atoms with Gasteiger partial charge in [-0.3, -0.25) is 4.57 Å². The molecule has 0 aliphatic carbocycles. The number of benzene rings is 2.